The van der Waals surface area contributed by atoms with Crippen molar-refractivity contribution >= 4 is 12.2 Å². The number of guanidine groups is 1. The van der Waals surface area contributed by atoms with Crippen LogP contribution in [0.2, 0.25) is 0 Å². The first-order valence-corrected chi connectivity index (χ1v) is 4.89. The van der Waals surface area contributed by atoms with Crippen LogP contribution in [0.25, 0.3) is 0 Å². The number of ether oxygens (including phenoxy) is 1. The van der Waals surface area contributed by atoms with Gasteiger partial charge in [-0.25, -0.2) is 13.2 Å². The lowest BCUT2D eigenvalue weighted by molar-refractivity contribution is 0.330. The average molecular weight is 260 g/mol. The van der Waals surface area contributed by atoms with Crippen molar-refractivity contribution in [1.29, 1.82) is 0 Å². The van der Waals surface area contributed by atoms with Crippen LogP contribution >= 0.6 is 0 Å². The van der Waals surface area contributed by atoms with Gasteiger partial charge in [0.05, 0.1) is 18.4 Å². The molecule has 5 nitrogen and oxygen atoms in total. The first-order chi connectivity index (χ1) is 8.47. The molecule has 8 heteroatoms. The largest absolute Gasteiger partial charge is 0.493 e. The van der Waals surface area contributed by atoms with E-state index in [4.69, 9.17) is 16.2 Å². The Morgan fingerprint density at radius 2 is 2.00 bits per heavy atom. The summed E-state index contributed by atoms with van der Waals surface area (Å²) >= 11 is 0. The number of hydrogen-bond acceptors (Lipinski definition) is 3. The Labute approximate surface area is 101 Å². The van der Waals surface area contributed by atoms with Crippen LogP contribution in [0, 0.1) is 17.5 Å². The van der Waals surface area contributed by atoms with Crippen molar-refractivity contribution in [2.24, 2.45) is 21.7 Å². The fourth-order valence-corrected chi connectivity index (χ4v) is 1.14. The molecule has 0 radical (unpaired) electrons. The van der Waals surface area contributed by atoms with Gasteiger partial charge in [-0.1, -0.05) is 0 Å². The van der Waals surface area contributed by atoms with E-state index in [1.165, 1.54) is 0 Å². The fourth-order valence-electron chi connectivity index (χ4n) is 1.14. The second-order valence-corrected chi connectivity index (χ2v) is 3.10. The van der Waals surface area contributed by atoms with Crippen molar-refractivity contribution in [1.82, 2.24) is 0 Å². The van der Waals surface area contributed by atoms with Gasteiger partial charge in [0.15, 0.2) is 17.5 Å². The van der Waals surface area contributed by atoms with E-state index in [1.54, 1.807) is 6.92 Å². The first-order valence-electron chi connectivity index (χ1n) is 4.89. The number of halogens is 3. The quantitative estimate of drug-likeness (QED) is 0.368. The van der Waals surface area contributed by atoms with Gasteiger partial charge in [-0.2, -0.15) is 5.10 Å². The van der Waals surface area contributed by atoms with Crippen molar-refractivity contribution in [3.05, 3.63) is 29.1 Å². The highest BCUT2D eigenvalue weighted by Crippen LogP contribution is 2.25. The number of nitrogens with zero attached hydrogens (tertiary/aromatic N) is 2. The molecule has 0 bridgehead atoms. The smallest absolute Gasteiger partial charge is 0.211 e. The highest BCUT2D eigenvalue weighted by molar-refractivity contribution is 5.85. The van der Waals surface area contributed by atoms with E-state index in [1.807, 2.05) is 0 Å². The Bertz CT molecular complexity index is 498. The van der Waals surface area contributed by atoms with E-state index in [9.17, 15) is 13.2 Å². The zero-order chi connectivity index (χ0) is 13.7. The summed E-state index contributed by atoms with van der Waals surface area (Å²) in [5.41, 5.74) is 9.63. The maximum atomic E-state index is 13.5. The molecule has 0 spiro atoms. The van der Waals surface area contributed by atoms with Gasteiger partial charge in [0.2, 0.25) is 5.96 Å². The van der Waals surface area contributed by atoms with Crippen LogP contribution in [0.3, 0.4) is 0 Å². The van der Waals surface area contributed by atoms with E-state index >= 15 is 0 Å². The molecule has 1 aromatic rings. The third-order valence-corrected chi connectivity index (χ3v) is 1.82. The van der Waals surface area contributed by atoms with Gasteiger partial charge >= 0.3 is 0 Å². The van der Waals surface area contributed by atoms with E-state index in [-0.39, 0.29) is 23.9 Å². The second-order valence-electron chi connectivity index (χ2n) is 3.10. The van der Waals surface area contributed by atoms with Crippen molar-refractivity contribution in [2.75, 3.05) is 6.61 Å². The van der Waals surface area contributed by atoms with Crippen LogP contribution in [0.15, 0.2) is 16.3 Å². The molecule has 18 heavy (non-hydrogen) atoms. The fraction of sp³-hybridized carbons (Fsp3) is 0.200. The molecule has 0 amide bonds. The molecule has 0 aliphatic rings. The van der Waals surface area contributed by atoms with Crippen molar-refractivity contribution in [2.45, 2.75) is 6.92 Å². The summed E-state index contributed by atoms with van der Waals surface area (Å²) in [7, 11) is 0. The minimum absolute atomic E-state index is 0.146. The minimum Gasteiger partial charge on any atom is -0.493 e. The lowest BCUT2D eigenvalue weighted by atomic mass is 10.2. The third-order valence-electron chi connectivity index (χ3n) is 1.82. The van der Waals surface area contributed by atoms with Crippen LogP contribution < -0.4 is 16.2 Å². The molecule has 0 aliphatic carbocycles. The van der Waals surface area contributed by atoms with Crippen LogP contribution in [-0.2, 0) is 0 Å². The van der Waals surface area contributed by atoms with Gasteiger partial charge < -0.3 is 16.2 Å². The highest BCUT2D eigenvalue weighted by Gasteiger charge is 2.18. The lowest BCUT2D eigenvalue weighted by Gasteiger charge is -2.08. The Kier molecular flexibility index (Phi) is 4.52. The van der Waals surface area contributed by atoms with Crippen molar-refractivity contribution in [3.63, 3.8) is 0 Å². The van der Waals surface area contributed by atoms with Crippen LogP contribution in [0.5, 0.6) is 5.75 Å². The van der Waals surface area contributed by atoms with Gasteiger partial charge in [-0.15, -0.1) is 5.10 Å². The predicted molar refractivity (Wildman–Crippen MR) is 60.9 cm³/mol. The Hall–Kier alpha value is -2.25. The summed E-state index contributed by atoms with van der Waals surface area (Å²) in [6, 6.07) is 0.721. The summed E-state index contributed by atoms with van der Waals surface area (Å²) in [4.78, 5) is 0. The zero-order valence-corrected chi connectivity index (χ0v) is 9.45. The molecule has 98 valence electrons. The highest BCUT2D eigenvalue weighted by atomic mass is 19.2. The molecule has 1 aromatic carbocycles. The molecule has 0 saturated heterocycles. The van der Waals surface area contributed by atoms with E-state index in [0.717, 1.165) is 12.3 Å². The summed E-state index contributed by atoms with van der Waals surface area (Å²) < 4.78 is 44.5. The Morgan fingerprint density at radius 1 is 1.33 bits per heavy atom. The van der Waals surface area contributed by atoms with Gasteiger partial charge in [-0.05, 0) is 6.92 Å². The van der Waals surface area contributed by atoms with Crippen molar-refractivity contribution < 1.29 is 17.9 Å². The SMILES string of the molecule is CCOc1cc(F)c(F)c(F)c1C=NN=C(N)N. The zero-order valence-electron chi connectivity index (χ0n) is 9.45. The van der Waals surface area contributed by atoms with Gasteiger partial charge in [0.1, 0.15) is 5.75 Å². The van der Waals surface area contributed by atoms with Gasteiger partial charge in [0.25, 0.3) is 0 Å². The molecule has 0 saturated carbocycles. The molecule has 0 aliphatic heterocycles. The van der Waals surface area contributed by atoms with E-state index in [2.05, 4.69) is 10.2 Å². The van der Waals surface area contributed by atoms with Gasteiger partial charge in [0, 0.05) is 6.07 Å². The standard InChI is InChI=1S/C10H11F3N4O/c1-2-18-7-3-6(11)9(13)8(12)5(7)4-16-17-10(14)15/h3-4H,2H2,1H3,(H4,14,15,17). The number of nitrogens with two attached hydrogens (primary N) is 2. The maximum absolute atomic E-state index is 13.5. The van der Waals surface area contributed by atoms with Crippen LogP contribution in [0.1, 0.15) is 12.5 Å². The molecular formula is C10H11F3N4O. The predicted octanol–water partition coefficient (Wildman–Crippen LogP) is 1.11. The Balaban J connectivity index is 3.26. The molecule has 0 fully saturated rings. The monoisotopic (exact) mass is 260 g/mol. The summed E-state index contributed by atoms with van der Waals surface area (Å²) in [6.07, 6.45) is 0.836. The Morgan fingerprint density at radius 3 is 2.56 bits per heavy atom. The summed E-state index contributed by atoms with van der Waals surface area (Å²) in [5.74, 6) is -4.94. The first kappa shape index (κ1) is 13.8. The lowest BCUT2D eigenvalue weighted by Crippen LogP contribution is -2.21. The molecule has 0 unspecified atom stereocenters. The second kappa shape index (κ2) is 5.89. The van der Waals surface area contributed by atoms with E-state index in [0.29, 0.717) is 0 Å². The minimum atomic E-state index is -1.62. The number of hydrogen-bond donors (Lipinski definition) is 2. The molecule has 0 aromatic heterocycles. The van der Waals surface area contributed by atoms with Crippen LogP contribution in [-0.4, -0.2) is 18.8 Å². The van der Waals surface area contributed by atoms with Crippen LogP contribution in [0.4, 0.5) is 13.2 Å². The normalized spacial score (nSPS) is 10.7. The number of rotatable bonds is 4. The number of benzene rings is 1. The molecule has 0 heterocycles. The van der Waals surface area contributed by atoms with Gasteiger partial charge in [-0.3, -0.25) is 0 Å². The summed E-state index contributed by atoms with van der Waals surface area (Å²) in [6.45, 7) is 1.75. The maximum Gasteiger partial charge on any atom is 0.211 e. The molecule has 0 atom stereocenters. The molecule has 4 N–H and O–H groups in total. The average Bonchev–Trinajstić information content (AvgIpc) is 2.30. The van der Waals surface area contributed by atoms with E-state index < -0.39 is 17.5 Å². The topological polar surface area (TPSA) is 86.0 Å². The van der Waals surface area contributed by atoms with Crippen molar-refractivity contribution in [3.8, 4) is 5.75 Å². The molecule has 1 rings (SSSR count). The third kappa shape index (κ3) is 3.12. The molecular weight excluding hydrogens is 249 g/mol. The summed E-state index contributed by atoms with van der Waals surface area (Å²) in [5, 5.41) is 6.54.